The SMILES string of the molecule is CC(C)[C@H](CC(=O)/C(C[C@H](C(=O)OC(C)(C)C)C(C)C)=N\OCc1ccccc1)C(=O)OC(C)(C)C. The van der Waals surface area contributed by atoms with Crippen molar-refractivity contribution in [3.63, 3.8) is 0 Å². The molecule has 2 atom stereocenters. The van der Waals surface area contributed by atoms with E-state index in [9.17, 15) is 14.4 Å². The van der Waals surface area contributed by atoms with Crippen molar-refractivity contribution in [1.29, 1.82) is 0 Å². The van der Waals surface area contributed by atoms with E-state index >= 15 is 0 Å². The number of oxime groups is 1. The predicted octanol–water partition coefficient (Wildman–Crippen LogP) is 6.14. The van der Waals surface area contributed by atoms with E-state index < -0.39 is 35.0 Å². The third kappa shape index (κ3) is 11.8. The maximum atomic E-state index is 13.5. The first-order valence-electron chi connectivity index (χ1n) is 12.7. The molecule has 0 spiro atoms. The van der Waals surface area contributed by atoms with Crippen LogP contribution in [0.2, 0.25) is 0 Å². The molecule has 0 amide bonds. The van der Waals surface area contributed by atoms with Gasteiger partial charge in [0.05, 0.1) is 11.8 Å². The normalized spacial score (nSPS) is 14.4. The highest BCUT2D eigenvalue weighted by Crippen LogP contribution is 2.25. The smallest absolute Gasteiger partial charge is 0.310 e. The molecule has 0 unspecified atom stereocenters. The Morgan fingerprint density at radius 2 is 1.19 bits per heavy atom. The molecule has 0 aliphatic carbocycles. The first-order chi connectivity index (χ1) is 16.5. The maximum Gasteiger partial charge on any atom is 0.310 e. The largest absolute Gasteiger partial charge is 0.460 e. The summed E-state index contributed by atoms with van der Waals surface area (Å²) in [5.74, 6) is -2.62. The minimum atomic E-state index is -0.664. The van der Waals surface area contributed by atoms with E-state index in [-0.39, 0.29) is 42.8 Å². The van der Waals surface area contributed by atoms with Crippen LogP contribution in [0, 0.1) is 23.7 Å². The maximum absolute atomic E-state index is 13.5. The van der Waals surface area contributed by atoms with Crippen LogP contribution in [0.15, 0.2) is 35.5 Å². The van der Waals surface area contributed by atoms with Gasteiger partial charge in [-0.2, -0.15) is 0 Å². The number of hydrogen-bond acceptors (Lipinski definition) is 7. The molecule has 7 heteroatoms. The van der Waals surface area contributed by atoms with Crippen molar-refractivity contribution in [2.24, 2.45) is 28.8 Å². The molecule has 0 saturated heterocycles. The first kappa shape index (κ1) is 31.3. The van der Waals surface area contributed by atoms with Crippen molar-refractivity contribution >= 4 is 23.4 Å². The van der Waals surface area contributed by atoms with E-state index in [1.165, 1.54) is 0 Å². The lowest BCUT2D eigenvalue weighted by Gasteiger charge is -2.27. The monoisotopic (exact) mass is 503 g/mol. The van der Waals surface area contributed by atoms with Gasteiger partial charge >= 0.3 is 11.9 Å². The Morgan fingerprint density at radius 3 is 1.61 bits per heavy atom. The zero-order valence-corrected chi connectivity index (χ0v) is 23.7. The summed E-state index contributed by atoms with van der Waals surface area (Å²) in [6, 6.07) is 9.47. The second-order valence-corrected chi connectivity index (χ2v) is 11.9. The lowest BCUT2D eigenvalue weighted by atomic mass is 9.85. The Balaban J connectivity index is 3.21. The number of carbonyl (C=O) groups excluding carboxylic acids is 3. The number of ketones is 1. The molecule has 1 rings (SSSR count). The highest BCUT2D eigenvalue weighted by Gasteiger charge is 2.34. The molecule has 0 saturated carbocycles. The van der Waals surface area contributed by atoms with E-state index in [4.69, 9.17) is 14.3 Å². The van der Waals surface area contributed by atoms with E-state index in [1.54, 1.807) is 41.5 Å². The van der Waals surface area contributed by atoms with Gasteiger partial charge in [0, 0.05) is 12.8 Å². The molecule has 0 radical (unpaired) electrons. The fraction of sp³-hybridized carbons (Fsp3) is 0.655. The summed E-state index contributed by atoms with van der Waals surface area (Å²) < 4.78 is 11.2. The standard InChI is InChI=1S/C29H45NO6/c1-19(2)22(26(32)35-28(5,6)7)16-24(30-34-18-21-14-12-11-13-15-21)25(31)17-23(20(3)4)27(33)36-29(8,9)10/h11-15,19-20,22-23H,16-18H2,1-10H3/b30-24-/t22-,23-/m0/s1. The van der Waals surface area contributed by atoms with Crippen molar-refractivity contribution in [1.82, 2.24) is 0 Å². The third-order valence-electron chi connectivity index (χ3n) is 5.42. The predicted molar refractivity (Wildman–Crippen MR) is 141 cm³/mol. The molecule has 0 fully saturated rings. The quantitative estimate of drug-likeness (QED) is 0.193. The Bertz CT molecular complexity index is 891. The number of rotatable bonds is 12. The van der Waals surface area contributed by atoms with Crippen LogP contribution in [0.5, 0.6) is 0 Å². The summed E-state index contributed by atoms with van der Waals surface area (Å²) >= 11 is 0. The summed E-state index contributed by atoms with van der Waals surface area (Å²) in [6.07, 6.45) is -0.0292. The summed E-state index contributed by atoms with van der Waals surface area (Å²) in [5.41, 5.74) is -0.309. The molecular weight excluding hydrogens is 458 g/mol. The summed E-state index contributed by atoms with van der Waals surface area (Å²) in [7, 11) is 0. The molecule has 202 valence electrons. The Labute approximate surface area is 216 Å². The zero-order chi connectivity index (χ0) is 27.7. The van der Waals surface area contributed by atoms with Gasteiger partial charge in [-0.1, -0.05) is 63.2 Å². The molecular formula is C29H45NO6. The topological polar surface area (TPSA) is 91.3 Å². The Hall–Kier alpha value is -2.70. The van der Waals surface area contributed by atoms with E-state index in [0.717, 1.165) is 5.56 Å². The highest BCUT2D eigenvalue weighted by atomic mass is 16.6. The number of carbonyl (C=O) groups is 3. The van der Waals surface area contributed by atoms with Gasteiger partial charge in [-0.25, -0.2) is 0 Å². The van der Waals surface area contributed by atoms with E-state index in [2.05, 4.69) is 5.16 Å². The first-order valence-corrected chi connectivity index (χ1v) is 12.7. The fourth-order valence-electron chi connectivity index (χ4n) is 3.42. The van der Waals surface area contributed by atoms with Crippen LogP contribution >= 0.6 is 0 Å². The van der Waals surface area contributed by atoms with Gasteiger partial charge in [0.25, 0.3) is 0 Å². The average molecular weight is 504 g/mol. The van der Waals surface area contributed by atoms with Crippen LogP contribution in [0.25, 0.3) is 0 Å². The van der Waals surface area contributed by atoms with E-state index in [0.29, 0.717) is 0 Å². The van der Waals surface area contributed by atoms with Crippen LogP contribution in [0.4, 0.5) is 0 Å². The number of nitrogens with zero attached hydrogens (tertiary/aromatic N) is 1. The Morgan fingerprint density at radius 1 is 0.750 bits per heavy atom. The van der Waals surface area contributed by atoms with Crippen molar-refractivity contribution in [3.8, 4) is 0 Å². The highest BCUT2D eigenvalue weighted by molar-refractivity contribution is 6.40. The van der Waals surface area contributed by atoms with Crippen LogP contribution in [0.3, 0.4) is 0 Å². The molecule has 0 N–H and O–H groups in total. The van der Waals surface area contributed by atoms with Gasteiger partial charge < -0.3 is 14.3 Å². The molecule has 0 heterocycles. The Kier molecular flexibility index (Phi) is 11.8. The number of esters is 2. The zero-order valence-electron chi connectivity index (χ0n) is 23.7. The molecule has 0 aliphatic rings. The van der Waals surface area contributed by atoms with Crippen molar-refractivity contribution in [3.05, 3.63) is 35.9 Å². The van der Waals surface area contributed by atoms with Gasteiger partial charge in [-0.05, 0) is 58.9 Å². The molecule has 0 aromatic heterocycles. The summed E-state index contributed by atoms with van der Waals surface area (Å²) in [4.78, 5) is 44.8. The number of Topliss-reactive ketones (excluding diaryl/α,β-unsaturated/α-hetero) is 1. The van der Waals surface area contributed by atoms with Gasteiger partial charge in [-0.15, -0.1) is 0 Å². The molecule has 0 bridgehead atoms. The van der Waals surface area contributed by atoms with Crippen molar-refractivity contribution in [2.45, 2.75) is 99.9 Å². The number of hydrogen-bond donors (Lipinski definition) is 0. The summed E-state index contributed by atoms with van der Waals surface area (Å²) in [5, 5.41) is 4.17. The van der Waals surface area contributed by atoms with Gasteiger partial charge in [0.1, 0.15) is 23.5 Å². The number of ether oxygens (including phenoxy) is 2. The summed E-state index contributed by atoms with van der Waals surface area (Å²) in [6.45, 7) is 18.5. The molecule has 1 aromatic carbocycles. The molecule has 1 aromatic rings. The van der Waals surface area contributed by atoms with Crippen LogP contribution in [-0.2, 0) is 35.3 Å². The van der Waals surface area contributed by atoms with Crippen LogP contribution in [0.1, 0.15) is 87.6 Å². The minimum absolute atomic E-state index is 0.0549. The average Bonchev–Trinajstić information content (AvgIpc) is 2.71. The van der Waals surface area contributed by atoms with Gasteiger partial charge in [-0.3, -0.25) is 14.4 Å². The lowest BCUT2D eigenvalue weighted by molar-refractivity contribution is -0.163. The van der Waals surface area contributed by atoms with Crippen LogP contribution in [-0.4, -0.2) is 34.6 Å². The van der Waals surface area contributed by atoms with Gasteiger partial charge in [0.2, 0.25) is 0 Å². The van der Waals surface area contributed by atoms with Crippen LogP contribution < -0.4 is 0 Å². The molecule has 7 nitrogen and oxygen atoms in total. The molecule has 36 heavy (non-hydrogen) atoms. The number of benzene rings is 1. The lowest BCUT2D eigenvalue weighted by Crippen LogP contribution is -2.36. The van der Waals surface area contributed by atoms with E-state index in [1.807, 2.05) is 58.0 Å². The van der Waals surface area contributed by atoms with Crippen molar-refractivity contribution in [2.75, 3.05) is 0 Å². The minimum Gasteiger partial charge on any atom is -0.460 e. The molecule has 0 aliphatic heterocycles. The second kappa shape index (κ2) is 13.6. The fourth-order valence-corrected chi connectivity index (χ4v) is 3.42. The second-order valence-electron chi connectivity index (χ2n) is 11.9. The third-order valence-corrected chi connectivity index (χ3v) is 5.42. The van der Waals surface area contributed by atoms with Crippen molar-refractivity contribution < 1.29 is 28.7 Å². The van der Waals surface area contributed by atoms with Gasteiger partial charge in [0.15, 0.2) is 5.78 Å².